The summed E-state index contributed by atoms with van der Waals surface area (Å²) in [5.74, 6) is 0.908. The average molecular weight is 206 g/mol. The van der Waals surface area contributed by atoms with E-state index in [2.05, 4.69) is 22.8 Å². The molecular weight excluding hydrogens is 188 g/mol. The number of ether oxygens (including phenoxy) is 1. The van der Waals surface area contributed by atoms with Crippen molar-refractivity contribution < 1.29 is 4.74 Å². The number of methoxy groups -OCH3 is 1. The Kier molecular flexibility index (Phi) is 3.45. The van der Waals surface area contributed by atoms with E-state index in [9.17, 15) is 0 Å². The van der Waals surface area contributed by atoms with Crippen LogP contribution >= 0.6 is 0 Å². The second-order valence-corrected chi connectivity index (χ2v) is 3.90. The van der Waals surface area contributed by atoms with Crippen molar-refractivity contribution in [1.29, 1.82) is 0 Å². The lowest BCUT2D eigenvalue weighted by Gasteiger charge is -2.24. The second-order valence-electron chi connectivity index (χ2n) is 3.90. The van der Waals surface area contributed by atoms with Gasteiger partial charge in [0.05, 0.1) is 7.11 Å². The third kappa shape index (κ3) is 2.86. The lowest BCUT2D eigenvalue weighted by molar-refractivity contribution is 0.415. The van der Waals surface area contributed by atoms with E-state index in [4.69, 9.17) is 4.74 Å². The average Bonchev–Trinajstić information content (AvgIpc) is 2.31. The first-order valence-electron chi connectivity index (χ1n) is 5.50. The Morgan fingerprint density at radius 1 is 1.20 bits per heavy atom. The largest absolute Gasteiger partial charge is 0.497 e. The van der Waals surface area contributed by atoms with Crippen LogP contribution in [0, 0.1) is 0 Å². The van der Waals surface area contributed by atoms with E-state index in [-0.39, 0.29) is 0 Å². The molecule has 0 saturated carbocycles. The normalized spacial score (nSPS) is 17.4. The van der Waals surface area contributed by atoms with Crippen LogP contribution in [0.4, 0.5) is 5.69 Å². The molecule has 0 aromatic heterocycles. The maximum absolute atomic E-state index is 5.12. The Labute approximate surface area is 90.8 Å². The van der Waals surface area contributed by atoms with Gasteiger partial charge in [-0.05, 0) is 50.2 Å². The summed E-state index contributed by atoms with van der Waals surface area (Å²) < 4.78 is 5.12. The fourth-order valence-corrected chi connectivity index (χ4v) is 1.89. The van der Waals surface area contributed by atoms with Gasteiger partial charge in [-0.2, -0.15) is 0 Å². The zero-order chi connectivity index (χ0) is 10.5. The molecule has 0 aliphatic carbocycles. The summed E-state index contributed by atoms with van der Waals surface area (Å²) in [6.07, 6.45) is 2.40. The molecule has 0 atom stereocenters. The van der Waals surface area contributed by atoms with Crippen molar-refractivity contribution in [3.8, 4) is 5.75 Å². The van der Waals surface area contributed by atoms with Crippen molar-refractivity contribution in [2.24, 2.45) is 0 Å². The standard InChI is InChI=1S/C12H18N2O/c1-15-12-4-2-10(3-5-12)14-11-6-8-13-9-7-11/h2-5,11,13-14H,6-9H2,1H3. The van der Waals surface area contributed by atoms with Gasteiger partial charge >= 0.3 is 0 Å². The topological polar surface area (TPSA) is 33.3 Å². The quantitative estimate of drug-likeness (QED) is 0.792. The van der Waals surface area contributed by atoms with Gasteiger partial charge in [-0.3, -0.25) is 0 Å². The Morgan fingerprint density at radius 3 is 2.47 bits per heavy atom. The fourth-order valence-electron chi connectivity index (χ4n) is 1.89. The van der Waals surface area contributed by atoms with E-state index in [1.807, 2.05) is 12.1 Å². The van der Waals surface area contributed by atoms with Gasteiger partial charge in [-0.25, -0.2) is 0 Å². The molecule has 1 fully saturated rings. The van der Waals surface area contributed by atoms with Crippen LogP contribution in [-0.4, -0.2) is 26.2 Å². The van der Waals surface area contributed by atoms with Crippen molar-refractivity contribution in [1.82, 2.24) is 5.32 Å². The Morgan fingerprint density at radius 2 is 1.87 bits per heavy atom. The summed E-state index contributed by atoms with van der Waals surface area (Å²) in [5, 5.41) is 6.90. The third-order valence-electron chi connectivity index (χ3n) is 2.80. The van der Waals surface area contributed by atoms with Crippen LogP contribution in [0.1, 0.15) is 12.8 Å². The molecule has 82 valence electrons. The van der Waals surface area contributed by atoms with E-state index in [0.29, 0.717) is 6.04 Å². The molecule has 15 heavy (non-hydrogen) atoms. The minimum Gasteiger partial charge on any atom is -0.497 e. The molecule has 0 bridgehead atoms. The Hall–Kier alpha value is -1.22. The molecule has 2 rings (SSSR count). The second kappa shape index (κ2) is 5.03. The highest BCUT2D eigenvalue weighted by Gasteiger charge is 2.11. The van der Waals surface area contributed by atoms with Crippen molar-refractivity contribution >= 4 is 5.69 Å². The number of hydrogen-bond donors (Lipinski definition) is 2. The third-order valence-corrected chi connectivity index (χ3v) is 2.80. The summed E-state index contributed by atoms with van der Waals surface area (Å²) in [6.45, 7) is 2.24. The van der Waals surface area contributed by atoms with Crippen molar-refractivity contribution in [2.75, 3.05) is 25.5 Å². The van der Waals surface area contributed by atoms with Crippen LogP contribution in [-0.2, 0) is 0 Å². The van der Waals surface area contributed by atoms with Gasteiger partial charge in [0.25, 0.3) is 0 Å². The van der Waals surface area contributed by atoms with Crippen LogP contribution in [0.3, 0.4) is 0 Å². The van der Waals surface area contributed by atoms with E-state index >= 15 is 0 Å². The number of benzene rings is 1. The van der Waals surface area contributed by atoms with E-state index < -0.39 is 0 Å². The summed E-state index contributed by atoms with van der Waals surface area (Å²) in [5.41, 5.74) is 1.18. The van der Waals surface area contributed by atoms with Gasteiger partial charge in [0, 0.05) is 11.7 Å². The lowest BCUT2D eigenvalue weighted by Crippen LogP contribution is -2.35. The molecule has 1 heterocycles. The predicted molar refractivity (Wildman–Crippen MR) is 62.5 cm³/mol. The highest BCUT2D eigenvalue weighted by Crippen LogP contribution is 2.17. The molecule has 1 aromatic rings. The van der Waals surface area contributed by atoms with Gasteiger partial charge < -0.3 is 15.4 Å². The van der Waals surface area contributed by atoms with Crippen molar-refractivity contribution in [2.45, 2.75) is 18.9 Å². The summed E-state index contributed by atoms with van der Waals surface area (Å²) in [4.78, 5) is 0. The van der Waals surface area contributed by atoms with Gasteiger partial charge in [0.15, 0.2) is 0 Å². The molecule has 0 radical (unpaired) electrons. The Balaban J connectivity index is 1.91. The van der Waals surface area contributed by atoms with Crippen LogP contribution in [0.15, 0.2) is 24.3 Å². The number of rotatable bonds is 3. The summed E-state index contributed by atoms with van der Waals surface area (Å²) in [6, 6.07) is 8.73. The van der Waals surface area contributed by atoms with Gasteiger partial charge in [-0.15, -0.1) is 0 Å². The maximum atomic E-state index is 5.12. The van der Waals surface area contributed by atoms with Crippen molar-refractivity contribution in [3.05, 3.63) is 24.3 Å². The predicted octanol–water partition coefficient (Wildman–Crippen LogP) is 1.86. The zero-order valence-corrected chi connectivity index (χ0v) is 9.12. The van der Waals surface area contributed by atoms with Crippen LogP contribution in [0.25, 0.3) is 0 Å². The summed E-state index contributed by atoms with van der Waals surface area (Å²) in [7, 11) is 1.69. The van der Waals surface area contributed by atoms with Crippen LogP contribution in [0.2, 0.25) is 0 Å². The number of piperidine rings is 1. The highest BCUT2D eigenvalue weighted by atomic mass is 16.5. The van der Waals surface area contributed by atoms with E-state index in [1.165, 1.54) is 18.5 Å². The molecule has 1 aromatic carbocycles. The molecule has 0 amide bonds. The molecule has 0 spiro atoms. The molecule has 1 saturated heterocycles. The van der Waals surface area contributed by atoms with Crippen LogP contribution in [0.5, 0.6) is 5.75 Å². The number of hydrogen-bond acceptors (Lipinski definition) is 3. The van der Waals surface area contributed by atoms with Crippen molar-refractivity contribution in [3.63, 3.8) is 0 Å². The zero-order valence-electron chi connectivity index (χ0n) is 9.12. The van der Waals surface area contributed by atoms with Gasteiger partial charge in [0.1, 0.15) is 5.75 Å². The van der Waals surface area contributed by atoms with Gasteiger partial charge in [-0.1, -0.05) is 0 Å². The molecule has 1 aliphatic rings. The Bertz CT molecular complexity index is 291. The molecule has 2 N–H and O–H groups in total. The van der Waals surface area contributed by atoms with E-state index in [1.54, 1.807) is 7.11 Å². The molecule has 0 unspecified atom stereocenters. The molecule has 3 heteroatoms. The SMILES string of the molecule is COc1ccc(NC2CCNCC2)cc1. The minimum absolute atomic E-state index is 0.611. The smallest absolute Gasteiger partial charge is 0.119 e. The number of anilines is 1. The maximum Gasteiger partial charge on any atom is 0.119 e. The van der Waals surface area contributed by atoms with E-state index in [0.717, 1.165) is 18.8 Å². The molecule has 1 aliphatic heterocycles. The monoisotopic (exact) mass is 206 g/mol. The van der Waals surface area contributed by atoms with Gasteiger partial charge in [0.2, 0.25) is 0 Å². The fraction of sp³-hybridized carbons (Fsp3) is 0.500. The highest BCUT2D eigenvalue weighted by molar-refractivity contribution is 5.47. The molecule has 3 nitrogen and oxygen atoms in total. The first-order chi connectivity index (χ1) is 7.38. The first kappa shape index (κ1) is 10.3. The summed E-state index contributed by atoms with van der Waals surface area (Å²) >= 11 is 0. The first-order valence-corrected chi connectivity index (χ1v) is 5.50. The van der Waals surface area contributed by atoms with Crippen LogP contribution < -0.4 is 15.4 Å². The number of nitrogens with one attached hydrogen (secondary N) is 2. The molecular formula is C12H18N2O. The minimum atomic E-state index is 0.611. The lowest BCUT2D eigenvalue weighted by atomic mass is 10.1.